The molecule has 0 aromatic carbocycles. The molecule has 1 fully saturated rings. The maximum Gasteiger partial charge on any atom is 0.0814 e. The topological polar surface area (TPSA) is 33.3 Å². The van der Waals surface area contributed by atoms with Crippen molar-refractivity contribution in [2.75, 3.05) is 20.1 Å². The van der Waals surface area contributed by atoms with E-state index in [0.717, 1.165) is 25.9 Å². The smallest absolute Gasteiger partial charge is 0.0814 e. The SMILES string of the molecule is CNOC1CCNCC1. The lowest BCUT2D eigenvalue weighted by molar-refractivity contribution is -0.0266. The third-order valence-electron chi connectivity index (χ3n) is 1.57. The van der Waals surface area contributed by atoms with Crippen LogP contribution in [0.2, 0.25) is 0 Å². The maximum atomic E-state index is 5.19. The van der Waals surface area contributed by atoms with E-state index < -0.39 is 0 Å². The van der Waals surface area contributed by atoms with Crippen LogP contribution in [0.15, 0.2) is 0 Å². The Kier molecular flexibility index (Phi) is 2.97. The third kappa shape index (κ3) is 2.30. The molecule has 0 bridgehead atoms. The molecule has 0 aliphatic carbocycles. The van der Waals surface area contributed by atoms with Gasteiger partial charge in [0.15, 0.2) is 0 Å². The molecule has 1 heterocycles. The van der Waals surface area contributed by atoms with Crippen LogP contribution < -0.4 is 10.8 Å². The van der Waals surface area contributed by atoms with Gasteiger partial charge in [0.05, 0.1) is 6.10 Å². The van der Waals surface area contributed by atoms with Gasteiger partial charge in [-0.15, -0.1) is 0 Å². The number of hydrogen-bond acceptors (Lipinski definition) is 3. The Labute approximate surface area is 55.7 Å². The van der Waals surface area contributed by atoms with Crippen LogP contribution in [0.5, 0.6) is 0 Å². The zero-order chi connectivity index (χ0) is 6.53. The van der Waals surface area contributed by atoms with Crippen LogP contribution >= 0.6 is 0 Å². The monoisotopic (exact) mass is 130 g/mol. The Morgan fingerprint density at radius 1 is 1.44 bits per heavy atom. The first-order valence-electron chi connectivity index (χ1n) is 3.46. The highest BCUT2D eigenvalue weighted by Gasteiger charge is 2.11. The molecule has 0 spiro atoms. The summed E-state index contributed by atoms with van der Waals surface area (Å²) in [4.78, 5) is 5.19. The van der Waals surface area contributed by atoms with Gasteiger partial charge in [-0.2, -0.15) is 0 Å². The van der Waals surface area contributed by atoms with Gasteiger partial charge in [0.1, 0.15) is 0 Å². The van der Waals surface area contributed by atoms with Crippen molar-refractivity contribution in [1.29, 1.82) is 0 Å². The summed E-state index contributed by atoms with van der Waals surface area (Å²) < 4.78 is 0. The van der Waals surface area contributed by atoms with E-state index in [9.17, 15) is 0 Å². The Hall–Kier alpha value is -0.120. The van der Waals surface area contributed by atoms with Crippen LogP contribution in [-0.4, -0.2) is 26.2 Å². The van der Waals surface area contributed by atoms with Crippen molar-refractivity contribution >= 4 is 0 Å². The van der Waals surface area contributed by atoms with Crippen molar-refractivity contribution in [3.8, 4) is 0 Å². The van der Waals surface area contributed by atoms with Gasteiger partial charge in [-0.1, -0.05) is 0 Å². The van der Waals surface area contributed by atoms with Crippen molar-refractivity contribution in [1.82, 2.24) is 10.8 Å². The highest BCUT2D eigenvalue weighted by Crippen LogP contribution is 2.04. The van der Waals surface area contributed by atoms with E-state index in [1.807, 2.05) is 7.05 Å². The van der Waals surface area contributed by atoms with Crippen LogP contribution in [0.25, 0.3) is 0 Å². The van der Waals surface area contributed by atoms with Gasteiger partial charge in [0.2, 0.25) is 0 Å². The molecule has 0 atom stereocenters. The predicted octanol–water partition coefficient (Wildman–Crippen LogP) is -0.111. The van der Waals surface area contributed by atoms with Gasteiger partial charge >= 0.3 is 0 Å². The van der Waals surface area contributed by atoms with Crippen molar-refractivity contribution < 1.29 is 4.84 Å². The zero-order valence-corrected chi connectivity index (χ0v) is 5.81. The first-order valence-corrected chi connectivity index (χ1v) is 3.46. The quantitative estimate of drug-likeness (QED) is 0.512. The third-order valence-corrected chi connectivity index (χ3v) is 1.57. The number of piperidine rings is 1. The second-order valence-electron chi connectivity index (χ2n) is 2.27. The molecule has 0 radical (unpaired) electrons. The molecule has 1 rings (SSSR count). The molecular weight excluding hydrogens is 116 g/mol. The van der Waals surface area contributed by atoms with Gasteiger partial charge < -0.3 is 5.32 Å². The van der Waals surface area contributed by atoms with Crippen molar-refractivity contribution in [2.24, 2.45) is 0 Å². The van der Waals surface area contributed by atoms with Gasteiger partial charge in [-0.05, 0) is 25.9 Å². The zero-order valence-electron chi connectivity index (χ0n) is 5.81. The molecule has 9 heavy (non-hydrogen) atoms. The minimum absolute atomic E-state index is 0.427. The van der Waals surface area contributed by atoms with E-state index in [-0.39, 0.29) is 0 Å². The first kappa shape index (κ1) is 6.99. The average molecular weight is 130 g/mol. The van der Waals surface area contributed by atoms with Crippen molar-refractivity contribution in [3.05, 3.63) is 0 Å². The summed E-state index contributed by atoms with van der Waals surface area (Å²) in [5, 5.41) is 3.27. The molecule has 0 unspecified atom stereocenters. The van der Waals surface area contributed by atoms with Gasteiger partial charge in [-0.3, -0.25) is 4.84 Å². The summed E-state index contributed by atoms with van der Waals surface area (Å²) in [5.41, 5.74) is 2.71. The number of hydrogen-bond donors (Lipinski definition) is 2. The highest BCUT2D eigenvalue weighted by molar-refractivity contribution is 4.66. The van der Waals surface area contributed by atoms with E-state index in [2.05, 4.69) is 10.8 Å². The standard InChI is InChI=1S/C6H14N2O/c1-7-9-6-2-4-8-5-3-6/h6-8H,2-5H2,1H3. The van der Waals surface area contributed by atoms with Crippen LogP contribution in [0, 0.1) is 0 Å². The number of nitrogens with one attached hydrogen (secondary N) is 2. The van der Waals surface area contributed by atoms with E-state index in [4.69, 9.17) is 4.84 Å². The molecule has 0 amide bonds. The predicted molar refractivity (Wildman–Crippen MR) is 36.0 cm³/mol. The van der Waals surface area contributed by atoms with Crippen LogP contribution in [0.3, 0.4) is 0 Å². The molecule has 1 saturated heterocycles. The van der Waals surface area contributed by atoms with E-state index in [0.29, 0.717) is 6.10 Å². The minimum atomic E-state index is 0.427. The molecule has 1 aliphatic heterocycles. The molecule has 2 N–H and O–H groups in total. The van der Waals surface area contributed by atoms with Gasteiger partial charge in [0, 0.05) is 7.05 Å². The largest absolute Gasteiger partial charge is 0.317 e. The fourth-order valence-corrected chi connectivity index (χ4v) is 1.08. The molecule has 3 nitrogen and oxygen atoms in total. The van der Waals surface area contributed by atoms with Crippen molar-refractivity contribution in [2.45, 2.75) is 18.9 Å². The lowest BCUT2D eigenvalue weighted by Gasteiger charge is -2.21. The summed E-state index contributed by atoms with van der Waals surface area (Å²) in [6.45, 7) is 2.18. The molecular formula is C6H14N2O. The maximum absolute atomic E-state index is 5.19. The summed E-state index contributed by atoms with van der Waals surface area (Å²) >= 11 is 0. The second kappa shape index (κ2) is 3.82. The Bertz CT molecular complexity index is 68.7. The first-order chi connectivity index (χ1) is 4.43. The lowest BCUT2D eigenvalue weighted by atomic mass is 10.1. The highest BCUT2D eigenvalue weighted by atomic mass is 16.7. The van der Waals surface area contributed by atoms with E-state index in [1.165, 1.54) is 0 Å². The minimum Gasteiger partial charge on any atom is -0.317 e. The molecule has 0 saturated carbocycles. The summed E-state index contributed by atoms with van der Waals surface area (Å²) in [6.07, 6.45) is 2.68. The number of hydroxylamine groups is 1. The summed E-state index contributed by atoms with van der Waals surface area (Å²) in [7, 11) is 1.81. The average Bonchev–Trinajstić information content (AvgIpc) is 1.91. The molecule has 0 aromatic rings. The van der Waals surface area contributed by atoms with Crippen molar-refractivity contribution in [3.63, 3.8) is 0 Å². The van der Waals surface area contributed by atoms with E-state index >= 15 is 0 Å². The molecule has 0 aromatic heterocycles. The number of rotatable bonds is 2. The van der Waals surface area contributed by atoms with Gasteiger partial charge in [-0.25, -0.2) is 5.48 Å². The van der Waals surface area contributed by atoms with Crippen LogP contribution in [-0.2, 0) is 4.84 Å². The molecule has 54 valence electrons. The van der Waals surface area contributed by atoms with Crippen LogP contribution in [0.4, 0.5) is 0 Å². The fraction of sp³-hybridized carbons (Fsp3) is 1.00. The normalized spacial score (nSPS) is 22.3. The Balaban J connectivity index is 2.08. The summed E-state index contributed by atoms with van der Waals surface area (Å²) in [6, 6.07) is 0. The molecule has 1 aliphatic rings. The lowest BCUT2D eigenvalue weighted by Crippen LogP contribution is -2.34. The van der Waals surface area contributed by atoms with Crippen LogP contribution in [0.1, 0.15) is 12.8 Å². The molecule has 3 heteroatoms. The summed E-state index contributed by atoms with van der Waals surface area (Å²) in [5.74, 6) is 0. The second-order valence-corrected chi connectivity index (χ2v) is 2.27. The van der Waals surface area contributed by atoms with Gasteiger partial charge in [0.25, 0.3) is 0 Å². The Morgan fingerprint density at radius 2 is 2.11 bits per heavy atom. The van der Waals surface area contributed by atoms with E-state index in [1.54, 1.807) is 0 Å². The Morgan fingerprint density at radius 3 is 2.67 bits per heavy atom. The fourth-order valence-electron chi connectivity index (χ4n) is 1.08.